The smallest absolute Gasteiger partial charge is 0.336 e. The number of hydrogen-bond donors (Lipinski definition) is 0. The van der Waals surface area contributed by atoms with Gasteiger partial charge in [-0.05, 0) is 60.2 Å². The molecule has 5 rings (SSSR count). The molecule has 0 spiro atoms. The summed E-state index contributed by atoms with van der Waals surface area (Å²) in [5, 5.41) is 0.841. The molecule has 1 aliphatic rings. The summed E-state index contributed by atoms with van der Waals surface area (Å²) in [5.74, 6) is 0. The first-order valence-corrected chi connectivity index (χ1v) is 11.0. The van der Waals surface area contributed by atoms with Gasteiger partial charge in [0.1, 0.15) is 5.58 Å². The van der Waals surface area contributed by atoms with Crippen LogP contribution in [0.1, 0.15) is 23.1 Å². The predicted molar refractivity (Wildman–Crippen MR) is 106 cm³/mol. The van der Waals surface area contributed by atoms with Crippen LogP contribution in [0.25, 0.3) is 22.0 Å². The quantitative estimate of drug-likeness (QED) is 0.499. The van der Waals surface area contributed by atoms with Gasteiger partial charge >= 0.3 is 5.63 Å². The molecule has 0 amide bonds. The maximum atomic E-state index is 12.3. The molecule has 2 aromatic heterocycles. The zero-order chi connectivity index (χ0) is 19.5. The summed E-state index contributed by atoms with van der Waals surface area (Å²) in [5.41, 5.74) is 4.65. The van der Waals surface area contributed by atoms with E-state index in [1.807, 2.05) is 24.3 Å². The molecule has 7 heteroatoms. The number of aryl methyl sites for hydroxylation is 2. The zero-order valence-corrected chi connectivity index (χ0v) is 16.1. The molecule has 0 atom stereocenters. The van der Waals surface area contributed by atoms with Crippen molar-refractivity contribution in [1.29, 1.82) is 0 Å². The molecule has 0 fully saturated rings. The van der Waals surface area contributed by atoms with Gasteiger partial charge in [0.2, 0.25) is 15.0 Å². The van der Waals surface area contributed by atoms with Crippen molar-refractivity contribution in [3.8, 4) is 0 Å². The fourth-order valence-corrected chi connectivity index (χ4v) is 4.91. The van der Waals surface area contributed by atoms with Crippen molar-refractivity contribution in [3.63, 3.8) is 0 Å². The molecule has 0 saturated carbocycles. The van der Waals surface area contributed by atoms with Crippen molar-refractivity contribution < 1.29 is 12.8 Å². The largest absolute Gasteiger partial charge is 0.423 e. The Morgan fingerprint density at radius 3 is 2.64 bits per heavy atom. The Morgan fingerprint density at radius 1 is 1.11 bits per heavy atom. The number of fused-ring (bicyclic) bond motifs is 3. The number of rotatable bonds is 3. The fraction of sp³-hybridized carbons (Fsp3) is 0.238. The van der Waals surface area contributed by atoms with Crippen molar-refractivity contribution >= 4 is 31.8 Å². The number of benzene rings is 2. The molecule has 28 heavy (non-hydrogen) atoms. The van der Waals surface area contributed by atoms with E-state index in [1.165, 1.54) is 17.2 Å². The summed E-state index contributed by atoms with van der Waals surface area (Å²) in [7, 11) is -3.54. The molecule has 0 aliphatic heterocycles. The molecule has 0 N–H and O–H groups in total. The minimum absolute atomic E-state index is 0.00347. The molecule has 2 heterocycles. The number of sulfone groups is 1. The lowest BCUT2D eigenvalue weighted by molar-refractivity contribution is 0.555. The Hall–Kier alpha value is -2.93. The van der Waals surface area contributed by atoms with E-state index < -0.39 is 15.5 Å². The third kappa shape index (κ3) is 2.74. The van der Waals surface area contributed by atoms with Gasteiger partial charge in [0, 0.05) is 17.7 Å². The van der Waals surface area contributed by atoms with E-state index in [-0.39, 0.29) is 11.7 Å². The van der Waals surface area contributed by atoms with Gasteiger partial charge in [0.25, 0.3) is 0 Å². The van der Waals surface area contributed by atoms with E-state index in [4.69, 9.17) is 4.42 Å². The number of hydrogen-bond acceptors (Lipinski definition) is 5. The molecule has 0 saturated heterocycles. The maximum Gasteiger partial charge on any atom is 0.336 e. The SMILES string of the molecule is CS(=O)(=O)c1nc2ccccc2n1Cc1cc(=O)oc2cc3c(cc12)CCC3. The van der Waals surface area contributed by atoms with Gasteiger partial charge in [-0.3, -0.25) is 0 Å². The van der Waals surface area contributed by atoms with Crippen LogP contribution in [0.4, 0.5) is 0 Å². The van der Waals surface area contributed by atoms with Crippen LogP contribution in [0.5, 0.6) is 0 Å². The molecule has 2 aromatic carbocycles. The molecule has 0 bridgehead atoms. The Morgan fingerprint density at radius 2 is 1.86 bits per heavy atom. The van der Waals surface area contributed by atoms with Gasteiger partial charge in [-0.1, -0.05) is 12.1 Å². The Balaban J connectivity index is 1.76. The highest BCUT2D eigenvalue weighted by Crippen LogP contribution is 2.30. The van der Waals surface area contributed by atoms with E-state index in [9.17, 15) is 13.2 Å². The number of imidazole rings is 1. The van der Waals surface area contributed by atoms with E-state index in [0.717, 1.165) is 36.5 Å². The van der Waals surface area contributed by atoms with Crippen LogP contribution >= 0.6 is 0 Å². The van der Waals surface area contributed by atoms with Gasteiger partial charge < -0.3 is 8.98 Å². The van der Waals surface area contributed by atoms with Crippen molar-refractivity contribution in [1.82, 2.24) is 9.55 Å². The molecular formula is C21H18N2O4S. The minimum atomic E-state index is -3.54. The van der Waals surface area contributed by atoms with Crippen molar-refractivity contribution in [2.75, 3.05) is 6.26 Å². The van der Waals surface area contributed by atoms with Crippen LogP contribution in [0.2, 0.25) is 0 Å². The maximum absolute atomic E-state index is 12.3. The average Bonchev–Trinajstić information content (AvgIpc) is 3.24. The summed E-state index contributed by atoms with van der Waals surface area (Å²) in [6, 6.07) is 12.8. The molecular weight excluding hydrogens is 376 g/mol. The minimum Gasteiger partial charge on any atom is -0.423 e. The summed E-state index contributed by atoms with van der Waals surface area (Å²) < 4.78 is 31.8. The molecule has 142 valence electrons. The van der Waals surface area contributed by atoms with Crippen LogP contribution in [0, 0.1) is 0 Å². The highest BCUT2D eigenvalue weighted by molar-refractivity contribution is 7.90. The molecule has 1 aliphatic carbocycles. The first-order chi connectivity index (χ1) is 13.4. The number of nitrogens with zero attached hydrogens (tertiary/aromatic N) is 2. The number of para-hydroxylation sites is 2. The lowest BCUT2D eigenvalue weighted by Crippen LogP contribution is -2.12. The number of aromatic nitrogens is 2. The second-order valence-electron chi connectivity index (χ2n) is 7.30. The van der Waals surface area contributed by atoms with Gasteiger partial charge in [-0.2, -0.15) is 0 Å². The molecule has 0 unspecified atom stereocenters. The Labute approximate surface area is 161 Å². The summed E-state index contributed by atoms with van der Waals surface area (Å²) in [4.78, 5) is 16.5. The standard InChI is InChI=1S/C21H18N2O4S/c1-28(25,26)21-22-17-7-2-3-8-18(17)23(21)12-15-11-20(24)27-19-10-14-6-4-5-13(14)9-16(15)19/h2-3,7-11H,4-6,12H2,1H3. The summed E-state index contributed by atoms with van der Waals surface area (Å²) in [6.45, 7) is 0.226. The van der Waals surface area contributed by atoms with Gasteiger partial charge in [0.05, 0.1) is 17.6 Å². The first kappa shape index (κ1) is 17.2. The van der Waals surface area contributed by atoms with Gasteiger partial charge in [-0.25, -0.2) is 18.2 Å². The molecule has 0 radical (unpaired) electrons. The lowest BCUT2D eigenvalue weighted by Gasteiger charge is -2.11. The van der Waals surface area contributed by atoms with Crippen molar-refractivity contribution in [2.45, 2.75) is 31.0 Å². The van der Waals surface area contributed by atoms with Gasteiger partial charge in [0.15, 0.2) is 0 Å². The third-order valence-electron chi connectivity index (χ3n) is 5.32. The Bertz CT molecular complexity index is 1410. The van der Waals surface area contributed by atoms with E-state index in [0.29, 0.717) is 16.6 Å². The first-order valence-electron chi connectivity index (χ1n) is 9.14. The van der Waals surface area contributed by atoms with Crippen molar-refractivity contribution in [2.24, 2.45) is 0 Å². The second kappa shape index (κ2) is 6.04. The third-order valence-corrected chi connectivity index (χ3v) is 6.30. The summed E-state index contributed by atoms with van der Waals surface area (Å²) >= 11 is 0. The normalized spacial score (nSPS) is 14.0. The monoisotopic (exact) mass is 394 g/mol. The van der Waals surface area contributed by atoms with Crippen LogP contribution in [-0.4, -0.2) is 24.2 Å². The average molecular weight is 394 g/mol. The highest BCUT2D eigenvalue weighted by Gasteiger charge is 2.21. The van der Waals surface area contributed by atoms with Crippen LogP contribution < -0.4 is 5.63 Å². The van der Waals surface area contributed by atoms with Crippen LogP contribution in [0.3, 0.4) is 0 Å². The van der Waals surface area contributed by atoms with Gasteiger partial charge in [-0.15, -0.1) is 0 Å². The molecule has 4 aromatic rings. The van der Waals surface area contributed by atoms with E-state index >= 15 is 0 Å². The van der Waals surface area contributed by atoms with E-state index in [2.05, 4.69) is 11.1 Å². The zero-order valence-electron chi connectivity index (χ0n) is 15.3. The van der Waals surface area contributed by atoms with Crippen LogP contribution in [0.15, 0.2) is 56.8 Å². The second-order valence-corrected chi connectivity index (χ2v) is 9.21. The highest BCUT2D eigenvalue weighted by atomic mass is 32.2. The van der Waals surface area contributed by atoms with Crippen LogP contribution in [-0.2, 0) is 29.2 Å². The predicted octanol–water partition coefficient (Wildman–Crippen LogP) is 3.08. The lowest BCUT2D eigenvalue weighted by atomic mass is 10.0. The molecule has 6 nitrogen and oxygen atoms in total. The van der Waals surface area contributed by atoms with Crippen molar-refractivity contribution in [3.05, 3.63) is 69.6 Å². The fourth-order valence-electron chi connectivity index (χ4n) is 4.09. The Kier molecular flexibility index (Phi) is 3.71. The topological polar surface area (TPSA) is 82.2 Å². The van der Waals surface area contributed by atoms with E-state index in [1.54, 1.807) is 10.6 Å². The summed E-state index contributed by atoms with van der Waals surface area (Å²) in [6.07, 6.45) is 4.24.